The van der Waals surface area contributed by atoms with Crippen molar-refractivity contribution >= 4 is 23.8 Å². The van der Waals surface area contributed by atoms with Crippen LogP contribution in [-0.2, 0) is 22.7 Å². The number of nitrogens with one attached hydrogen (secondary N) is 3. The summed E-state index contributed by atoms with van der Waals surface area (Å²) in [6, 6.07) is 8.63. The van der Waals surface area contributed by atoms with Gasteiger partial charge in [-0.3, -0.25) is 4.79 Å². The van der Waals surface area contributed by atoms with Gasteiger partial charge in [0.05, 0.1) is 6.54 Å². The van der Waals surface area contributed by atoms with E-state index in [9.17, 15) is 27.6 Å². The first-order chi connectivity index (χ1) is 18.6. The highest BCUT2D eigenvalue weighted by Gasteiger charge is 2.46. The van der Waals surface area contributed by atoms with Crippen LogP contribution in [0, 0.1) is 11.8 Å². The molecule has 2 atom stereocenters. The fraction of sp³-hybridized carbons (Fsp3) is 0.481. The Bertz CT molecular complexity index is 1160. The number of amides is 4. The number of carbonyl (C=O) groups is 3. The van der Waals surface area contributed by atoms with Crippen molar-refractivity contribution in [2.24, 2.45) is 11.8 Å². The molecule has 1 saturated carbocycles. The molecule has 0 spiro atoms. The van der Waals surface area contributed by atoms with Crippen molar-refractivity contribution in [3.63, 3.8) is 0 Å². The van der Waals surface area contributed by atoms with Crippen LogP contribution in [0.5, 0.6) is 0 Å². The van der Waals surface area contributed by atoms with E-state index in [1.807, 2.05) is 35.6 Å². The maximum Gasteiger partial charge on any atom is 0.410 e. The van der Waals surface area contributed by atoms with E-state index in [1.165, 1.54) is 12.3 Å². The number of urea groups is 1. The molecule has 0 radical (unpaired) electrons. The number of halogens is 3. The minimum Gasteiger partial charge on any atom is -0.445 e. The Kier molecular flexibility index (Phi) is 8.93. The van der Waals surface area contributed by atoms with Crippen molar-refractivity contribution < 1.29 is 32.3 Å². The second-order valence-electron chi connectivity index (χ2n) is 10.2. The number of anilines is 1. The fourth-order valence-electron chi connectivity index (χ4n) is 4.88. The summed E-state index contributed by atoms with van der Waals surface area (Å²) in [7, 11) is 0. The number of hydrogen-bond donors (Lipinski definition) is 3. The minimum atomic E-state index is -4.54. The molecule has 3 N–H and O–H groups in total. The highest BCUT2D eigenvalue weighted by Crippen LogP contribution is 2.31. The standard InChI is InChI=1S/C27H32F3N5O4/c1-17-7-9-20(10-8-17)23(34-26(38)39-16-18-5-3-2-4-6-18)24(36)33-22-13-19(11-12-31-22)14-35-15-21(27(28,29)30)32-25(35)37/h2-6,11-13,17,20-21,23H,7-10,14-16H2,1H3,(H,32,37)(H,34,38)(H,31,33,36)/t17?,20?,21-,23-/m0/s1. The molecule has 12 heteroatoms. The Balaban J connectivity index is 1.40. The molecule has 1 aromatic heterocycles. The number of nitrogens with zero attached hydrogens (tertiary/aromatic N) is 2. The maximum absolute atomic E-state index is 13.3. The van der Waals surface area contributed by atoms with Gasteiger partial charge in [0, 0.05) is 12.7 Å². The number of carbonyl (C=O) groups excluding carboxylic acids is 3. The summed E-state index contributed by atoms with van der Waals surface area (Å²) in [5.74, 6) is 0.138. The van der Waals surface area contributed by atoms with Gasteiger partial charge >= 0.3 is 18.3 Å². The molecule has 1 aliphatic heterocycles. The molecule has 2 aliphatic rings. The zero-order valence-corrected chi connectivity index (χ0v) is 21.5. The van der Waals surface area contributed by atoms with Gasteiger partial charge in [0.15, 0.2) is 0 Å². The molecule has 1 aromatic carbocycles. The molecule has 2 heterocycles. The Labute approximate surface area is 224 Å². The van der Waals surface area contributed by atoms with Crippen LogP contribution in [-0.4, -0.2) is 52.7 Å². The molecule has 210 valence electrons. The summed E-state index contributed by atoms with van der Waals surface area (Å²) in [4.78, 5) is 43.2. The van der Waals surface area contributed by atoms with Crippen LogP contribution in [0.15, 0.2) is 48.7 Å². The molecule has 39 heavy (non-hydrogen) atoms. The van der Waals surface area contributed by atoms with Crippen molar-refractivity contribution in [2.45, 2.75) is 64.0 Å². The van der Waals surface area contributed by atoms with Crippen molar-refractivity contribution in [1.82, 2.24) is 20.5 Å². The van der Waals surface area contributed by atoms with Crippen LogP contribution in [0.3, 0.4) is 0 Å². The van der Waals surface area contributed by atoms with Gasteiger partial charge in [-0.2, -0.15) is 13.2 Å². The predicted molar refractivity (Wildman–Crippen MR) is 136 cm³/mol. The van der Waals surface area contributed by atoms with E-state index in [4.69, 9.17) is 4.74 Å². The van der Waals surface area contributed by atoms with Crippen molar-refractivity contribution in [1.29, 1.82) is 0 Å². The van der Waals surface area contributed by atoms with E-state index in [-0.39, 0.29) is 24.9 Å². The molecule has 0 bridgehead atoms. The lowest BCUT2D eigenvalue weighted by Gasteiger charge is -2.32. The lowest BCUT2D eigenvalue weighted by atomic mass is 9.79. The smallest absolute Gasteiger partial charge is 0.410 e. The normalized spacial score (nSPS) is 22.1. The number of aromatic nitrogens is 1. The Morgan fingerprint density at radius 2 is 1.85 bits per heavy atom. The van der Waals surface area contributed by atoms with Gasteiger partial charge in [-0.25, -0.2) is 14.6 Å². The fourth-order valence-corrected chi connectivity index (χ4v) is 4.88. The summed E-state index contributed by atoms with van der Waals surface area (Å²) < 4.78 is 44.3. The number of alkyl halides is 3. The van der Waals surface area contributed by atoms with E-state index >= 15 is 0 Å². The molecule has 9 nitrogen and oxygen atoms in total. The van der Waals surface area contributed by atoms with E-state index in [2.05, 4.69) is 22.5 Å². The largest absolute Gasteiger partial charge is 0.445 e. The molecule has 4 amide bonds. The summed E-state index contributed by atoms with van der Waals surface area (Å²) >= 11 is 0. The van der Waals surface area contributed by atoms with Crippen LogP contribution < -0.4 is 16.0 Å². The van der Waals surface area contributed by atoms with Gasteiger partial charge in [-0.1, -0.05) is 50.1 Å². The molecular weight excluding hydrogens is 515 g/mol. The average Bonchev–Trinajstić information content (AvgIpc) is 3.28. The summed E-state index contributed by atoms with van der Waals surface area (Å²) in [5, 5.41) is 7.37. The maximum atomic E-state index is 13.3. The topological polar surface area (TPSA) is 113 Å². The van der Waals surface area contributed by atoms with E-state index in [0.717, 1.165) is 36.1 Å². The summed E-state index contributed by atoms with van der Waals surface area (Å²) in [6.45, 7) is 1.62. The van der Waals surface area contributed by atoms with Crippen molar-refractivity contribution in [3.05, 3.63) is 59.8 Å². The Morgan fingerprint density at radius 1 is 1.13 bits per heavy atom. The Hall–Kier alpha value is -3.83. The van der Waals surface area contributed by atoms with Crippen LogP contribution in [0.2, 0.25) is 0 Å². The van der Waals surface area contributed by atoms with Gasteiger partial charge in [-0.15, -0.1) is 0 Å². The number of hydrogen-bond acceptors (Lipinski definition) is 5. The zero-order valence-electron chi connectivity index (χ0n) is 21.5. The molecule has 1 saturated heterocycles. The first-order valence-corrected chi connectivity index (χ1v) is 12.9. The highest BCUT2D eigenvalue weighted by atomic mass is 19.4. The monoisotopic (exact) mass is 547 g/mol. The second-order valence-corrected chi connectivity index (χ2v) is 10.2. The lowest BCUT2D eigenvalue weighted by Crippen LogP contribution is -2.49. The van der Waals surface area contributed by atoms with Gasteiger partial charge in [0.1, 0.15) is 24.5 Å². The molecule has 1 aliphatic carbocycles. The molecular formula is C27H32F3N5O4. The SMILES string of the molecule is CC1CCC([C@H](NC(=O)OCc2ccccc2)C(=O)Nc2cc(CN3C[C@@H](C(F)(F)F)NC3=O)ccn2)CC1. The number of rotatable bonds is 8. The molecule has 2 fully saturated rings. The zero-order chi connectivity index (χ0) is 28.0. The van der Waals surface area contributed by atoms with Crippen LogP contribution in [0.1, 0.15) is 43.7 Å². The first kappa shape index (κ1) is 28.2. The number of alkyl carbamates (subject to hydrolysis) is 1. The van der Waals surface area contributed by atoms with E-state index in [0.29, 0.717) is 11.5 Å². The first-order valence-electron chi connectivity index (χ1n) is 12.9. The highest BCUT2D eigenvalue weighted by molar-refractivity contribution is 5.96. The third-order valence-corrected chi connectivity index (χ3v) is 7.13. The quantitative estimate of drug-likeness (QED) is 0.447. The minimum absolute atomic E-state index is 0.0611. The van der Waals surface area contributed by atoms with Gasteiger partial charge in [0.2, 0.25) is 5.91 Å². The number of benzene rings is 1. The average molecular weight is 548 g/mol. The second kappa shape index (κ2) is 12.4. The predicted octanol–water partition coefficient (Wildman–Crippen LogP) is 4.60. The lowest BCUT2D eigenvalue weighted by molar-refractivity contribution is -0.149. The van der Waals surface area contributed by atoms with Crippen LogP contribution >= 0.6 is 0 Å². The summed E-state index contributed by atoms with van der Waals surface area (Å²) in [6.07, 6.45) is -0.466. The molecule has 4 rings (SSSR count). The third kappa shape index (κ3) is 7.84. The van der Waals surface area contributed by atoms with Gasteiger partial charge < -0.3 is 25.6 Å². The number of ether oxygens (including phenoxy) is 1. The van der Waals surface area contributed by atoms with E-state index in [1.54, 1.807) is 6.07 Å². The van der Waals surface area contributed by atoms with Crippen molar-refractivity contribution in [3.8, 4) is 0 Å². The van der Waals surface area contributed by atoms with Crippen LogP contribution in [0.4, 0.5) is 28.6 Å². The summed E-state index contributed by atoms with van der Waals surface area (Å²) in [5.41, 5.74) is 1.31. The third-order valence-electron chi connectivity index (χ3n) is 7.13. The van der Waals surface area contributed by atoms with Crippen LogP contribution in [0.25, 0.3) is 0 Å². The number of pyridine rings is 1. The van der Waals surface area contributed by atoms with Gasteiger partial charge in [0.25, 0.3) is 0 Å². The molecule has 0 unspecified atom stereocenters. The molecule has 2 aromatic rings. The van der Waals surface area contributed by atoms with Gasteiger partial charge in [-0.05, 0) is 47.9 Å². The van der Waals surface area contributed by atoms with Crippen molar-refractivity contribution in [2.75, 3.05) is 11.9 Å². The van der Waals surface area contributed by atoms with E-state index < -0.39 is 42.8 Å². The Morgan fingerprint density at radius 3 is 2.51 bits per heavy atom.